The number of hydrogen-bond donors (Lipinski definition) is 2. The Morgan fingerprint density at radius 3 is 0.591 bits per heavy atom. The molecule has 0 amide bonds. The van der Waals surface area contributed by atoms with Crippen molar-refractivity contribution in [3.63, 3.8) is 0 Å². The smallest absolute Gasteiger partial charge is 0.00387 e. The average molecular weight is 313 g/mol. The van der Waals surface area contributed by atoms with Crippen molar-refractivity contribution in [3.8, 4) is 0 Å². The van der Waals surface area contributed by atoms with Crippen molar-refractivity contribution >= 4 is 0 Å². The topological polar surface area (TPSA) is 52.0 Å². The van der Waals surface area contributed by atoms with Crippen LogP contribution in [0.5, 0.6) is 0 Å². The first-order valence-corrected chi connectivity index (χ1v) is 9.44. The first-order valence-electron chi connectivity index (χ1n) is 9.44. The van der Waals surface area contributed by atoms with Crippen molar-refractivity contribution < 1.29 is 0 Å². The van der Waals surface area contributed by atoms with Crippen molar-refractivity contribution in [2.75, 3.05) is 0 Å². The maximum Gasteiger partial charge on any atom is 0.00387 e. The molecule has 0 saturated carbocycles. The molecule has 0 aliphatic heterocycles. The van der Waals surface area contributed by atoms with Gasteiger partial charge in [-0.2, -0.15) is 0 Å². The molecular weight excluding hydrogens is 268 g/mol. The highest BCUT2D eigenvalue weighted by Gasteiger charge is 2.33. The number of hydrogen-bond acceptors (Lipinski definition) is 2. The fraction of sp³-hybridized carbons (Fsp3) is 1.00. The lowest BCUT2D eigenvalue weighted by Gasteiger charge is -2.40. The second-order valence-corrected chi connectivity index (χ2v) is 8.59. The van der Waals surface area contributed by atoms with Crippen LogP contribution in [0.4, 0.5) is 0 Å². The van der Waals surface area contributed by atoms with Crippen LogP contribution in [0.1, 0.15) is 69.2 Å². The van der Waals surface area contributed by atoms with E-state index >= 15 is 0 Å². The zero-order valence-electron chi connectivity index (χ0n) is 16.9. The lowest BCUT2D eigenvalue weighted by atomic mass is 9.66. The third-order valence-electron chi connectivity index (χ3n) is 7.46. The standard InChI is InChI=1S/C20H44N2/c1-11(13(3)15(5)17(7)19(9)21)12(2)14(4)16(6)18(8)20(10)22/h11-20H,21-22H2,1-10H3/t11-,12-,13+,14+,15-,16-,17+,18+,19-,20-/m1/s1. The number of rotatable bonds is 9. The van der Waals surface area contributed by atoms with Crippen LogP contribution >= 0.6 is 0 Å². The van der Waals surface area contributed by atoms with Crippen LogP contribution in [0, 0.1) is 47.3 Å². The predicted octanol–water partition coefficient (Wildman–Crippen LogP) is 4.77. The van der Waals surface area contributed by atoms with E-state index in [9.17, 15) is 0 Å². The minimum Gasteiger partial charge on any atom is -0.328 e. The van der Waals surface area contributed by atoms with Crippen LogP contribution in [-0.4, -0.2) is 12.1 Å². The summed E-state index contributed by atoms with van der Waals surface area (Å²) in [5.41, 5.74) is 12.2. The maximum absolute atomic E-state index is 6.12. The van der Waals surface area contributed by atoms with Crippen molar-refractivity contribution in [1.82, 2.24) is 0 Å². The van der Waals surface area contributed by atoms with E-state index in [0.29, 0.717) is 47.3 Å². The van der Waals surface area contributed by atoms with Crippen molar-refractivity contribution in [2.24, 2.45) is 58.8 Å². The molecule has 0 spiro atoms. The van der Waals surface area contributed by atoms with E-state index in [4.69, 9.17) is 11.5 Å². The Balaban J connectivity index is 4.86. The summed E-state index contributed by atoms with van der Waals surface area (Å²) in [4.78, 5) is 0. The summed E-state index contributed by atoms with van der Waals surface area (Å²) < 4.78 is 0. The van der Waals surface area contributed by atoms with Gasteiger partial charge in [0.25, 0.3) is 0 Å². The Kier molecular flexibility index (Phi) is 9.24. The van der Waals surface area contributed by atoms with Crippen molar-refractivity contribution in [1.29, 1.82) is 0 Å². The molecule has 22 heavy (non-hydrogen) atoms. The van der Waals surface area contributed by atoms with Crippen molar-refractivity contribution in [2.45, 2.75) is 81.3 Å². The Morgan fingerprint density at radius 2 is 0.455 bits per heavy atom. The van der Waals surface area contributed by atoms with Gasteiger partial charge in [-0.25, -0.2) is 0 Å². The van der Waals surface area contributed by atoms with Gasteiger partial charge in [-0.05, 0) is 61.2 Å². The molecule has 134 valence electrons. The normalized spacial score (nSPS) is 26.2. The van der Waals surface area contributed by atoms with E-state index in [2.05, 4.69) is 69.2 Å². The van der Waals surface area contributed by atoms with Crippen LogP contribution in [0.3, 0.4) is 0 Å². The van der Waals surface area contributed by atoms with E-state index < -0.39 is 0 Å². The molecule has 0 aromatic carbocycles. The van der Waals surface area contributed by atoms with Gasteiger partial charge in [0.15, 0.2) is 0 Å². The molecule has 10 atom stereocenters. The molecule has 2 heteroatoms. The molecule has 0 radical (unpaired) electrons. The summed E-state index contributed by atoms with van der Waals surface area (Å²) >= 11 is 0. The summed E-state index contributed by atoms with van der Waals surface area (Å²) in [5.74, 6) is 5.24. The molecule has 4 N–H and O–H groups in total. The Labute approximate surface area is 140 Å². The first-order chi connectivity index (χ1) is 9.93. The van der Waals surface area contributed by atoms with Crippen molar-refractivity contribution in [3.05, 3.63) is 0 Å². The average Bonchev–Trinajstić information content (AvgIpc) is 2.48. The summed E-state index contributed by atoms with van der Waals surface area (Å²) in [6.07, 6.45) is 0. The predicted molar refractivity (Wildman–Crippen MR) is 101 cm³/mol. The van der Waals surface area contributed by atoms with E-state index in [-0.39, 0.29) is 12.1 Å². The van der Waals surface area contributed by atoms with E-state index in [1.165, 1.54) is 0 Å². The fourth-order valence-electron chi connectivity index (χ4n) is 3.83. The molecule has 0 heterocycles. The Bertz CT molecular complexity index is 270. The highest BCUT2D eigenvalue weighted by atomic mass is 14.6. The molecule has 2 nitrogen and oxygen atoms in total. The molecular formula is C20H44N2. The Morgan fingerprint density at radius 1 is 0.318 bits per heavy atom. The maximum atomic E-state index is 6.12. The molecule has 0 unspecified atom stereocenters. The largest absolute Gasteiger partial charge is 0.328 e. The summed E-state index contributed by atoms with van der Waals surface area (Å²) in [5, 5.41) is 0. The van der Waals surface area contributed by atoms with Crippen LogP contribution in [-0.2, 0) is 0 Å². The third-order valence-corrected chi connectivity index (χ3v) is 7.46. The lowest BCUT2D eigenvalue weighted by Crippen LogP contribution is -2.38. The summed E-state index contributed by atoms with van der Waals surface area (Å²) in [6.45, 7) is 23.3. The third kappa shape index (κ3) is 5.53. The van der Waals surface area contributed by atoms with Gasteiger partial charge in [-0.3, -0.25) is 0 Å². The second-order valence-electron chi connectivity index (χ2n) is 8.59. The van der Waals surface area contributed by atoms with Gasteiger partial charge in [0, 0.05) is 12.1 Å². The molecule has 0 aliphatic rings. The first kappa shape index (κ1) is 21.9. The van der Waals surface area contributed by atoms with E-state index in [0.717, 1.165) is 0 Å². The molecule has 0 aromatic rings. The molecule has 0 saturated heterocycles. The molecule has 0 fully saturated rings. The van der Waals surface area contributed by atoms with Gasteiger partial charge in [-0.15, -0.1) is 0 Å². The summed E-state index contributed by atoms with van der Waals surface area (Å²) in [7, 11) is 0. The lowest BCUT2D eigenvalue weighted by molar-refractivity contribution is 0.0950. The van der Waals surface area contributed by atoms with E-state index in [1.807, 2.05) is 0 Å². The van der Waals surface area contributed by atoms with Crippen LogP contribution in [0.25, 0.3) is 0 Å². The van der Waals surface area contributed by atoms with Gasteiger partial charge in [0.05, 0.1) is 0 Å². The van der Waals surface area contributed by atoms with Gasteiger partial charge in [-0.1, -0.05) is 55.4 Å². The zero-order valence-corrected chi connectivity index (χ0v) is 16.9. The highest BCUT2D eigenvalue weighted by molar-refractivity contribution is 4.84. The Hall–Kier alpha value is -0.0800. The monoisotopic (exact) mass is 312 g/mol. The van der Waals surface area contributed by atoms with Gasteiger partial charge in [0.1, 0.15) is 0 Å². The van der Waals surface area contributed by atoms with Gasteiger partial charge < -0.3 is 11.5 Å². The molecule has 0 aliphatic carbocycles. The second kappa shape index (κ2) is 9.27. The summed E-state index contributed by atoms with van der Waals surface area (Å²) in [6, 6.07) is 0.545. The zero-order chi connectivity index (χ0) is 17.8. The van der Waals surface area contributed by atoms with Crippen LogP contribution in [0.15, 0.2) is 0 Å². The molecule has 0 rings (SSSR count). The number of nitrogens with two attached hydrogens (primary N) is 2. The van der Waals surface area contributed by atoms with E-state index in [1.54, 1.807) is 0 Å². The van der Waals surface area contributed by atoms with Crippen LogP contribution in [0.2, 0.25) is 0 Å². The van der Waals surface area contributed by atoms with Gasteiger partial charge in [0.2, 0.25) is 0 Å². The SMILES string of the molecule is C[C@H]([C@@H](C)[C@H](C)[C@@H](C)[C@H](C)[C@@H](C)N)[C@H](C)[C@@H](C)[C@H](C)[C@@H](C)N. The van der Waals surface area contributed by atoms with Gasteiger partial charge >= 0.3 is 0 Å². The fourth-order valence-corrected chi connectivity index (χ4v) is 3.83. The minimum atomic E-state index is 0.273. The van der Waals surface area contributed by atoms with Crippen LogP contribution < -0.4 is 11.5 Å². The highest BCUT2D eigenvalue weighted by Crippen LogP contribution is 2.38. The quantitative estimate of drug-likeness (QED) is 0.644. The minimum absolute atomic E-state index is 0.273. The molecule has 0 bridgehead atoms. The molecule has 0 aromatic heterocycles.